The highest BCUT2D eigenvalue weighted by Crippen LogP contribution is 2.25. The summed E-state index contributed by atoms with van der Waals surface area (Å²) >= 11 is 5.13. The zero-order valence-electron chi connectivity index (χ0n) is 12.1. The van der Waals surface area contributed by atoms with Gasteiger partial charge in [-0.3, -0.25) is 19.8 Å². The second kappa shape index (κ2) is 6.05. The van der Waals surface area contributed by atoms with E-state index in [1.54, 1.807) is 30.3 Å². The van der Waals surface area contributed by atoms with Gasteiger partial charge in [0, 0.05) is 11.6 Å². The Balaban J connectivity index is 2.01. The number of carbonyl (C=O) groups is 2. The van der Waals surface area contributed by atoms with Gasteiger partial charge in [0.15, 0.2) is 5.11 Å². The van der Waals surface area contributed by atoms with E-state index < -0.39 is 11.8 Å². The van der Waals surface area contributed by atoms with Crippen LogP contribution in [0.4, 0.5) is 5.69 Å². The Morgan fingerprint density at radius 1 is 1.30 bits per heavy atom. The van der Waals surface area contributed by atoms with Gasteiger partial charge in [0.2, 0.25) is 0 Å². The van der Waals surface area contributed by atoms with E-state index in [0.29, 0.717) is 17.0 Å². The van der Waals surface area contributed by atoms with Crippen LogP contribution in [0, 0.1) is 0 Å². The Bertz CT molecular complexity index is 811. The van der Waals surface area contributed by atoms with E-state index in [1.807, 2.05) is 0 Å². The van der Waals surface area contributed by atoms with Gasteiger partial charge in [-0.2, -0.15) is 0 Å². The summed E-state index contributed by atoms with van der Waals surface area (Å²) in [7, 11) is 1.53. The van der Waals surface area contributed by atoms with Crippen molar-refractivity contribution in [2.45, 2.75) is 0 Å². The van der Waals surface area contributed by atoms with Gasteiger partial charge in [0.1, 0.15) is 11.3 Å². The van der Waals surface area contributed by atoms with Gasteiger partial charge in [-0.25, -0.2) is 0 Å². The number of furan rings is 1. The predicted octanol–water partition coefficient (Wildman–Crippen LogP) is 2.12. The van der Waals surface area contributed by atoms with E-state index in [-0.39, 0.29) is 10.7 Å². The monoisotopic (exact) mass is 328 g/mol. The largest absolute Gasteiger partial charge is 0.497 e. The van der Waals surface area contributed by atoms with Crippen molar-refractivity contribution in [3.8, 4) is 5.75 Å². The molecule has 0 aliphatic carbocycles. The minimum absolute atomic E-state index is 0.0252. The number of carbonyl (C=O) groups excluding carboxylic acids is 2. The molecule has 2 heterocycles. The summed E-state index contributed by atoms with van der Waals surface area (Å²) in [6.07, 6.45) is 4.36. The average Bonchev–Trinajstić information content (AvgIpc) is 3.04. The van der Waals surface area contributed by atoms with Crippen molar-refractivity contribution in [1.29, 1.82) is 0 Å². The molecule has 0 unspecified atom stereocenters. The molecule has 1 aliphatic rings. The molecule has 3 rings (SSSR count). The van der Waals surface area contributed by atoms with Gasteiger partial charge in [0.05, 0.1) is 25.3 Å². The number of hydrogen-bond acceptors (Lipinski definition) is 5. The number of benzene rings is 1. The van der Waals surface area contributed by atoms with Crippen LogP contribution in [0.2, 0.25) is 0 Å². The molecule has 1 fully saturated rings. The van der Waals surface area contributed by atoms with Crippen LogP contribution in [-0.4, -0.2) is 24.0 Å². The van der Waals surface area contributed by atoms with Gasteiger partial charge in [-0.05, 0) is 36.5 Å². The first-order valence-corrected chi connectivity index (χ1v) is 7.08. The highest BCUT2D eigenvalue weighted by atomic mass is 32.1. The quantitative estimate of drug-likeness (QED) is 0.531. The highest BCUT2D eigenvalue weighted by molar-refractivity contribution is 7.80. The topological polar surface area (TPSA) is 71.8 Å². The highest BCUT2D eigenvalue weighted by Gasteiger charge is 2.34. The molecular weight excluding hydrogens is 316 g/mol. The van der Waals surface area contributed by atoms with Gasteiger partial charge in [0.25, 0.3) is 11.8 Å². The molecule has 2 aromatic rings. The summed E-state index contributed by atoms with van der Waals surface area (Å²) in [5.74, 6) is -0.469. The summed E-state index contributed by atoms with van der Waals surface area (Å²) in [6.45, 7) is 0. The molecule has 2 amide bonds. The van der Waals surface area contributed by atoms with Gasteiger partial charge >= 0.3 is 0 Å². The maximum atomic E-state index is 12.7. The smallest absolute Gasteiger partial charge is 0.270 e. The van der Waals surface area contributed by atoms with Crippen molar-refractivity contribution in [3.05, 3.63) is 54.0 Å². The number of nitrogens with one attached hydrogen (secondary N) is 1. The van der Waals surface area contributed by atoms with Crippen LogP contribution in [0.3, 0.4) is 0 Å². The fraction of sp³-hybridized carbons (Fsp3) is 0.0625. The van der Waals surface area contributed by atoms with Gasteiger partial charge in [-0.15, -0.1) is 0 Å². The Hall–Kier alpha value is -2.93. The molecule has 7 heteroatoms. The van der Waals surface area contributed by atoms with Gasteiger partial charge in [-0.1, -0.05) is 6.07 Å². The Labute approximate surface area is 137 Å². The molecule has 0 radical (unpaired) electrons. The van der Waals surface area contributed by atoms with Crippen molar-refractivity contribution < 1.29 is 18.7 Å². The maximum Gasteiger partial charge on any atom is 0.270 e. The van der Waals surface area contributed by atoms with Crippen molar-refractivity contribution in [3.63, 3.8) is 0 Å². The summed E-state index contributed by atoms with van der Waals surface area (Å²) in [5, 5.41) is 2.54. The van der Waals surface area contributed by atoms with Crippen LogP contribution in [0.5, 0.6) is 5.75 Å². The van der Waals surface area contributed by atoms with Crippen LogP contribution in [0.15, 0.2) is 52.8 Å². The molecule has 0 bridgehead atoms. The Kier molecular flexibility index (Phi) is 3.94. The minimum Gasteiger partial charge on any atom is -0.497 e. The molecule has 1 N–H and O–H groups in total. The molecule has 1 aromatic carbocycles. The number of thiocarbonyl (C=S) groups is 1. The van der Waals surface area contributed by atoms with Crippen LogP contribution in [0.1, 0.15) is 5.56 Å². The SMILES string of the molecule is COc1cccc(N2C(=O)C(=Cc3ccoc3)C(=O)NC2=S)c1. The van der Waals surface area contributed by atoms with E-state index in [0.717, 1.165) is 0 Å². The van der Waals surface area contributed by atoms with Gasteiger partial charge < -0.3 is 9.15 Å². The molecule has 23 heavy (non-hydrogen) atoms. The third kappa shape index (κ3) is 2.86. The number of rotatable bonds is 3. The predicted molar refractivity (Wildman–Crippen MR) is 87.9 cm³/mol. The lowest BCUT2D eigenvalue weighted by Gasteiger charge is -2.29. The normalized spacial score (nSPS) is 16.7. The number of nitrogens with zero attached hydrogens (tertiary/aromatic N) is 1. The first-order valence-electron chi connectivity index (χ1n) is 6.68. The number of methoxy groups -OCH3 is 1. The summed E-state index contributed by atoms with van der Waals surface area (Å²) < 4.78 is 10.1. The molecule has 1 aliphatic heterocycles. The van der Waals surface area contributed by atoms with Crippen LogP contribution < -0.4 is 15.0 Å². The van der Waals surface area contributed by atoms with Crippen LogP contribution in [0.25, 0.3) is 6.08 Å². The van der Waals surface area contributed by atoms with E-state index >= 15 is 0 Å². The summed E-state index contributed by atoms with van der Waals surface area (Å²) in [6, 6.07) is 8.51. The lowest BCUT2D eigenvalue weighted by Crippen LogP contribution is -2.54. The van der Waals surface area contributed by atoms with Crippen molar-refractivity contribution in [2.24, 2.45) is 0 Å². The van der Waals surface area contributed by atoms with E-state index in [4.69, 9.17) is 21.4 Å². The molecule has 116 valence electrons. The standard InChI is InChI=1S/C16H12N2O4S/c1-21-12-4-2-3-11(8-12)18-15(20)13(14(19)17-16(18)23)7-10-5-6-22-9-10/h2-9H,1H3,(H,17,19,23). The Morgan fingerprint density at radius 3 is 2.83 bits per heavy atom. The fourth-order valence-corrected chi connectivity index (χ4v) is 2.45. The first-order chi connectivity index (χ1) is 11.1. The van der Waals surface area contributed by atoms with Crippen molar-refractivity contribution >= 4 is 40.9 Å². The molecule has 1 aromatic heterocycles. The summed E-state index contributed by atoms with van der Waals surface area (Å²) in [4.78, 5) is 26.0. The molecule has 6 nitrogen and oxygen atoms in total. The van der Waals surface area contributed by atoms with Crippen LogP contribution in [-0.2, 0) is 9.59 Å². The number of anilines is 1. The lowest BCUT2D eigenvalue weighted by atomic mass is 10.1. The van der Waals surface area contributed by atoms with E-state index in [9.17, 15) is 9.59 Å². The van der Waals surface area contributed by atoms with Crippen LogP contribution >= 0.6 is 12.2 Å². The number of amides is 2. The third-order valence-corrected chi connectivity index (χ3v) is 3.55. The zero-order valence-corrected chi connectivity index (χ0v) is 12.9. The maximum absolute atomic E-state index is 12.7. The summed E-state index contributed by atoms with van der Waals surface area (Å²) in [5.41, 5.74) is 1.10. The Morgan fingerprint density at radius 2 is 2.13 bits per heavy atom. The van der Waals surface area contributed by atoms with E-state index in [2.05, 4.69) is 5.32 Å². The fourth-order valence-electron chi connectivity index (χ4n) is 2.17. The van der Waals surface area contributed by atoms with Crippen molar-refractivity contribution in [1.82, 2.24) is 5.32 Å². The molecule has 1 saturated heterocycles. The molecule has 0 saturated carbocycles. The molecule has 0 atom stereocenters. The third-order valence-electron chi connectivity index (χ3n) is 3.27. The second-order valence-electron chi connectivity index (χ2n) is 4.72. The van der Waals surface area contributed by atoms with E-state index in [1.165, 1.54) is 30.6 Å². The molecule has 0 spiro atoms. The second-order valence-corrected chi connectivity index (χ2v) is 5.10. The minimum atomic E-state index is -0.541. The molecular formula is C16H12N2O4S. The number of hydrogen-bond donors (Lipinski definition) is 1. The van der Waals surface area contributed by atoms with Crippen molar-refractivity contribution in [2.75, 3.05) is 12.0 Å². The average molecular weight is 328 g/mol. The first kappa shape index (κ1) is 15.0. The number of ether oxygens (including phenoxy) is 1. The lowest BCUT2D eigenvalue weighted by molar-refractivity contribution is -0.122. The zero-order chi connectivity index (χ0) is 16.4.